The van der Waals surface area contributed by atoms with Crippen molar-refractivity contribution < 1.29 is 27.5 Å². The van der Waals surface area contributed by atoms with Gasteiger partial charge >= 0.3 is 12.1 Å². The van der Waals surface area contributed by atoms with Gasteiger partial charge in [-0.2, -0.15) is 13.2 Å². The minimum Gasteiger partial charge on any atom is -0.455 e. The fourth-order valence-corrected chi connectivity index (χ4v) is 3.27. The molecular formula is C17H16F3NO3. The predicted molar refractivity (Wildman–Crippen MR) is 79.9 cm³/mol. The Morgan fingerprint density at radius 2 is 2.00 bits per heavy atom. The Hall–Kier alpha value is -2.31. The van der Waals surface area contributed by atoms with Crippen LogP contribution in [0.5, 0.6) is 0 Å². The second-order valence-corrected chi connectivity index (χ2v) is 6.12. The van der Waals surface area contributed by atoms with Crippen LogP contribution < -0.4 is 5.32 Å². The van der Waals surface area contributed by atoms with Gasteiger partial charge in [0.1, 0.15) is 0 Å². The zero-order chi connectivity index (χ0) is 17.3. The number of alkyl halides is 3. The first-order valence-corrected chi connectivity index (χ1v) is 7.65. The zero-order valence-corrected chi connectivity index (χ0v) is 12.7. The van der Waals surface area contributed by atoms with Gasteiger partial charge in [-0.1, -0.05) is 18.2 Å². The van der Waals surface area contributed by atoms with Gasteiger partial charge in [-0.15, -0.1) is 0 Å². The molecule has 1 amide bonds. The topological polar surface area (TPSA) is 55.4 Å². The van der Waals surface area contributed by atoms with Crippen molar-refractivity contribution in [2.75, 3.05) is 11.9 Å². The molecule has 2 aliphatic rings. The third-order valence-electron chi connectivity index (χ3n) is 4.40. The number of benzene rings is 1. The van der Waals surface area contributed by atoms with Crippen LogP contribution in [-0.4, -0.2) is 18.5 Å². The number of anilines is 1. The Kier molecular flexibility index (Phi) is 4.34. The van der Waals surface area contributed by atoms with Crippen LogP contribution >= 0.6 is 0 Å². The van der Waals surface area contributed by atoms with Gasteiger partial charge in [-0.25, -0.2) is 0 Å². The first kappa shape index (κ1) is 16.5. The van der Waals surface area contributed by atoms with Crippen LogP contribution in [0.2, 0.25) is 0 Å². The summed E-state index contributed by atoms with van der Waals surface area (Å²) < 4.78 is 42.9. The molecule has 1 aromatic rings. The second kappa shape index (κ2) is 6.30. The van der Waals surface area contributed by atoms with Gasteiger partial charge < -0.3 is 10.1 Å². The zero-order valence-electron chi connectivity index (χ0n) is 12.7. The largest absolute Gasteiger partial charge is 0.455 e. The van der Waals surface area contributed by atoms with Crippen LogP contribution in [0.3, 0.4) is 0 Å². The lowest BCUT2D eigenvalue weighted by Gasteiger charge is -2.16. The second-order valence-electron chi connectivity index (χ2n) is 6.12. The standard InChI is InChI=1S/C17H16F3NO3/c18-17(19,20)12-2-1-3-13(8-12)21-15(22)9-24-16(23)14-7-10-4-5-11(14)6-10/h1-5,8,10-11,14H,6-7,9H2,(H,21,22)/t10-,11+,14-/m1/s1. The molecule has 128 valence electrons. The molecule has 0 spiro atoms. The molecule has 0 aromatic heterocycles. The molecule has 3 atom stereocenters. The van der Waals surface area contributed by atoms with Crippen molar-refractivity contribution in [2.24, 2.45) is 17.8 Å². The first-order valence-electron chi connectivity index (χ1n) is 7.65. The van der Waals surface area contributed by atoms with E-state index in [2.05, 4.69) is 11.4 Å². The minimum absolute atomic E-state index is 0.00808. The lowest BCUT2D eigenvalue weighted by Crippen LogP contribution is -2.26. The number of nitrogens with one attached hydrogen (secondary N) is 1. The summed E-state index contributed by atoms with van der Waals surface area (Å²) in [4.78, 5) is 23.8. The maximum atomic E-state index is 12.6. The number of hydrogen-bond acceptors (Lipinski definition) is 3. The van der Waals surface area contributed by atoms with E-state index in [9.17, 15) is 22.8 Å². The van der Waals surface area contributed by atoms with Crippen LogP contribution in [0.1, 0.15) is 18.4 Å². The summed E-state index contributed by atoms with van der Waals surface area (Å²) in [5.41, 5.74) is -0.847. The number of allylic oxidation sites excluding steroid dienone is 2. The van der Waals surface area contributed by atoms with Gasteiger partial charge in [0.15, 0.2) is 6.61 Å². The number of hydrogen-bond donors (Lipinski definition) is 1. The van der Waals surface area contributed by atoms with Gasteiger partial charge in [0.05, 0.1) is 11.5 Å². The first-order chi connectivity index (χ1) is 11.3. The molecule has 0 saturated heterocycles. The summed E-state index contributed by atoms with van der Waals surface area (Å²) in [6.45, 7) is -0.507. The van der Waals surface area contributed by atoms with E-state index in [1.54, 1.807) is 0 Å². The molecule has 1 N–H and O–H groups in total. The van der Waals surface area contributed by atoms with E-state index in [1.165, 1.54) is 12.1 Å². The Balaban J connectivity index is 1.51. The predicted octanol–water partition coefficient (Wildman–Crippen LogP) is 3.40. The normalized spacial score (nSPS) is 24.9. The number of ether oxygens (including phenoxy) is 1. The van der Waals surface area contributed by atoms with E-state index in [-0.39, 0.29) is 17.5 Å². The molecule has 1 saturated carbocycles. The van der Waals surface area contributed by atoms with Gasteiger partial charge in [0, 0.05) is 5.69 Å². The van der Waals surface area contributed by atoms with Crippen LogP contribution in [0, 0.1) is 17.8 Å². The van der Waals surface area contributed by atoms with Crippen molar-refractivity contribution in [1.29, 1.82) is 0 Å². The van der Waals surface area contributed by atoms with Gasteiger partial charge in [-0.05, 0) is 42.9 Å². The van der Waals surface area contributed by atoms with Crippen LogP contribution in [0.25, 0.3) is 0 Å². The highest BCUT2D eigenvalue weighted by molar-refractivity contribution is 5.93. The lowest BCUT2D eigenvalue weighted by molar-refractivity contribution is -0.152. The highest BCUT2D eigenvalue weighted by Crippen LogP contribution is 2.43. The summed E-state index contributed by atoms with van der Waals surface area (Å²) in [5, 5.41) is 2.30. The maximum Gasteiger partial charge on any atom is 0.416 e. The Morgan fingerprint density at radius 3 is 2.62 bits per heavy atom. The van der Waals surface area contributed by atoms with Crippen molar-refractivity contribution in [1.82, 2.24) is 0 Å². The molecule has 0 radical (unpaired) electrons. The molecule has 7 heteroatoms. The summed E-state index contributed by atoms with van der Waals surface area (Å²) in [6.07, 6.45) is 1.28. The van der Waals surface area contributed by atoms with E-state index in [4.69, 9.17) is 4.74 Å². The molecule has 0 heterocycles. The van der Waals surface area contributed by atoms with Crippen LogP contribution in [-0.2, 0) is 20.5 Å². The average molecular weight is 339 g/mol. The Bertz CT molecular complexity index is 684. The van der Waals surface area contributed by atoms with E-state index in [0.29, 0.717) is 5.92 Å². The summed E-state index contributed by atoms with van der Waals surface area (Å²) in [6, 6.07) is 4.29. The molecule has 24 heavy (non-hydrogen) atoms. The van der Waals surface area contributed by atoms with Gasteiger partial charge in [0.2, 0.25) is 0 Å². The molecule has 4 nitrogen and oxygen atoms in total. The summed E-state index contributed by atoms with van der Waals surface area (Å²) in [7, 11) is 0. The number of amides is 1. The smallest absolute Gasteiger partial charge is 0.416 e. The minimum atomic E-state index is -4.48. The van der Waals surface area contributed by atoms with E-state index < -0.39 is 30.2 Å². The average Bonchev–Trinajstić information content (AvgIpc) is 3.15. The van der Waals surface area contributed by atoms with Crippen molar-refractivity contribution in [2.45, 2.75) is 19.0 Å². The summed E-state index contributed by atoms with van der Waals surface area (Å²) in [5.74, 6) is -0.728. The van der Waals surface area contributed by atoms with Crippen LogP contribution in [0.4, 0.5) is 18.9 Å². The Labute approximate surface area is 136 Å². The number of rotatable bonds is 4. The van der Waals surface area contributed by atoms with Gasteiger partial charge in [-0.3, -0.25) is 9.59 Å². The number of esters is 1. The maximum absolute atomic E-state index is 12.6. The molecule has 2 aliphatic carbocycles. The number of carbonyl (C=O) groups excluding carboxylic acids is 2. The van der Waals surface area contributed by atoms with Crippen LogP contribution in [0.15, 0.2) is 36.4 Å². The highest BCUT2D eigenvalue weighted by Gasteiger charge is 2.40. The van der Waals surface area contributed by atoms with E-state index in [1.807, 2.05) is 6.08 Å². The number of halogens is 3. The van der Waals surface area contributed by atoms with Crippen molar-refractivity contribution in [3.63, 3.8) is 0 Å². The third-order valence-corrected chi connectivity index (χ3v) is 4.40. The molecule has 3 rings (SSSR count). The van der Waals surface area contributed by atoms with E-state index in [0.717, 1.165) is 25.0 Å². The third kappa shape index (κ3) is 3.60. The molecular weight excluding hydrogens is 323 g/mol. The lowest BCUT2D eigenvalue weighted by atomic mass is 9.94. The Morgan fingerprint density at radius 1 is 1.21 bits per heavy atom. The fourth-order valence-electron chi connectivity index (χ4n) is 3.27. The monoisotopic (exact) mass is 339 g/mol. The van der Waals surface area contributed by atoms with Crippen molar-refractivity contribution in [3.8, 4) is 0 Å². The van der Waals surface area contributed by atoms with Gasteiger partial charge in [0.25, 0.3) is 5.91 Å². The molecule has 0 aliphatic heterocycles. The number of fused-ring (bicyclic) bond motifs is 2. The van der Waals surface area contributed by atoms with E-state index >= 15 is 0 Å². The SMILES string of the molecule is O=C(COC(=O)[C@@H]1C[C@@H]2C=C[C@H]1C2)Nc1cccc(C(F)(F)F)c1. The van der Waals surface area contributed by atoms with Crippen molar-refractivity contribution in [3.05, 3.63) is 42.0 Å². The fraction of sp³-hybridized carbons (Fsp3) is 0.412. The molecule has 0 unspecified atom stereocenters. The number of carbonyl (C=O) groups is 2. The quantitative estimate of drug-likeness (QED) is 0.676. The summed E-state index contributed by atoms with van der Waals surface area (Å²) >= 11 is 0. The molecule has 1 aromatic carbocycles. The molecule has 2 bridgehead atoms. The molecule has 1 fully saturated rings. The highest BCUT2D eigenvalue weighted by atomic mass is 19.4. The van der Waals surface area contributed by atoms with Crippen molar-refractivity contribution >= 4 is 17.6 Å².